The maximum Gasteiger partial charge on any atom is 0.534 e. The first-order valence-electron chi connectivity index (χ1n) is 47.3. The van der Waals surface area contributed by atoms with Crippen LogP contribution in [-0.2, 0) is 201 Å². The number of rotatable bonds is 58. The van der Waals surface area contributed by atoms with E-state index in [-0.39, 0.29) is 111 Å². The number of nitrogens with zero attached hydrogens (tertiary/aromatic N) is 8. The van der Waals surface area contributed by atoms with Crippen LogP contribution in [-0.4, -0.2) is 375 Å². The number of Topliss-reactive ketones (excluding diaryl/α,β-unsaturated/α-hetero) is 1. The highest BCUT2D eigenvalue weighted by Gasteiger charge is 2.50. The molecule has 0 spiro atoms. The number of hydroxylamine groups is 16. The zero-order chi connectivity index (χ0) is 109. The van der Waals surface area contributed by atoms with Gasteiger partial charge in [0.1, 0.15) is 32.2 Å². The van der Waals surface area contributed by atoms with Gasteiger partial charge in [-0.25, -0.2) is 38.4 Å². The minimum absolute atomic E-state index is 0.0802. The topological polar surface area (TPSA) is 729 Å². The van der Waals surface area contributed by atoms with Crippen LogP contribution in [0.4, 0.5) is 38.4 Å². The number of amides is 17. The molecule has 3 N–H and O–H groups in total. The predicted octanol–water partition coefficient (Wildman–Crippen LogP) is 2.02. The number of fused-ring (bicyclic) bond motifs is 1. The third-order valence-corrected chi connectivity index (χ3v) is 25.2. The molecule has 9 aliphatic heterocycles. The van der Waals surface area contributed by atoms with Gasteiger partial charge in [0, 0.05) is 151 Å². The molecule has 0 aromatic heterocycles. The van der Waals surface area contributed by atoms with E-state index in [9.17, 15) is 125 Å². The summed E-state index contributed by atoms with van der Waals surface area (Å²) in [7, 11) is 0. The molecule has 1 saturated carbocycles. The van der Waals surface area contributed by atoms with Crippen molar-refractivity contribution in [1.82, 2.24) is 45.8 Å². The number of hydrogen-bond donors (Lipinski definition) is 2. The molecule has 61 heteroatoms. The van der Waals surface area contributed by atoms with E-state index in [1.54, 1.807) is 0 Å². The first-order chi connectivity index (χ1) is 70.7. The molecule has 826 valence electrons. The Kier molecular flexibility index (Phi) is 44.8. The number of unbranched alkanes of at least 4 members (excludes halogenated alkanes) is 1. The summed E-state index contributed by atoms with van der Waals surface area (Å²) in [4.78, 5) is 368. The third kappa shape index (κ3) is 36.7. The lowest BCUT2D eigenvalue weighted by Gasteiger charge is -2.38. The second kappa shape index (κ2) is 56.1. The van der Waals surface area contributed by atoms with E-state index in [0.717, 1.165) is 65.6 Å². The molecule has 17 amide bonds. The monoisotopic (exact) mass is 2150 g/mol. The number of nitrogens with one attached hydrogen (secondary N) is 1. The molecular weight excluding hydrogens is 2030 g/mol. The van der Waals surface area contributed by atoms with Crippen molar-refractivity contribution in [3.8, 4) is 0 Å². The number of nitrogens with two attached hydrogens (primary N) is 1. The van der Waals surface area contributed by atoms with E-state index in [4.69, 9.17) is 120 Å². The fourth-order valence-corrected chi connectivity index (χ4v) is 17.0. The molecule has 9 heterocycles. The maximum atomic E-state index is 13.5. The van der Waals surface area contributed by atoms with Crippen molar-refractivity contribution in [2.75, 3.05) is 151 Å². The Labute approximate surface area is 851 Å². The highest BCUT2D eigenvalue weighted by atomic mass is 32.2. The van der Waals surface area contributed by atoms with E-state index in [1.807, 2.05) is 11.8 Å². The van der Waals surface area contributed by atoms with Crippen LogP contribution in [0, 0.1) is 22.7 Å². The van der Waals surface area contributed by atoms with Gasteiger partial charge < -0.3 is 86.8 Å². The maximum absolute atomic E-state index is 13.5. The minimum Gasteiger partial charge on any atom is -0.428 e. The largest absolute Gasteiger partial charge is 0.534 e. The molecule has 0 radical (unpaired) electrons. The van der Waals surface area contributed by atoms with Gasteiger partial charge in [-0.05, 0) is 71.0 Å². The zero-order valence-electron chi connectivity index (χ0n) is 82.4. The van der Waals surface area contributed by atoms with Crippen LogP contribution in [0.2, 0.25) is 0 Å². The Hall–Kier alpha value is -13.6. The van der Waals surface area contributed by atoms with Crippen molar-refractivity contribution in [3.63, 3.8) is 0 Å². The Morgan fingerprint density at radius 1 is 0.302 bits per heavy atom. The Morgan fingerprint density at radius 3 is 0.785 bits per heavy atom. The summed E-state index contributed by atoms with van der Waals surface area (Å²) in [5.74, 6) is -12.6. The highest BCUT2D eigenvalue weighted by Crippen LogP contribution is 2.48. The molecule has 0 aromatic carbocycles. The number of hydrogen-bond acceptors (Lipinski definition) is 52. The average Bonchev–Trinajstić information content (AvgIpc) is 1.67. The van der Waals surface area contributed by atoms with Crippen LogP contribution in [0.3, 0.4) is 0 Å². The lowest BCUT2D eigenvalue weighted by Crippen LogP contribution is -2.48. The number of imide groups is 8. The summed E-state index contributed by atoms with van der Waals surface area (Å²) in [5.41, 5.74) is -7.57. The van der Waals surface area contributed by atoms with Crippen LogP contribution in [0.25, 0.3) is 0 Å². The van der Waals surface area contributed by atoms with Gasteiger partial charge in [-0.3, -0.25) is 125 Å². The van der Waals surface area contributed by atoms with Crippen LogP contribution in [0.1, 0.15) is 196 Å². The molecule has 0 aromatic rings. The molecule has 7 unspecified atom stereocenters. The lowest BCUT2D eigenvalue weighted by atomic mass is 9.86. The van der Waals surface area contributed by atoms with Crippen LogP contribution < -0.4 is 11.1 Å². The van der Waals surface area contributed by atoms with Gasteiger partial charge >= 0.3 is 49.2 Å². The van der Waals surface area contributed by atoms with Gasteiger partial charge in [0.15, 0.2) is 22.4 Å². The van der Waals surface area contributed by atoms with Crippen LogP contribution in [0.15, 0.2) is 0 Å². The fraction of sp³-hybridized carbons (Fsp3) is 0.705. The average molecular weight is 2150 g/mol. The number of ether oxygens (including phenoxy) is 16. The smallest absolute Gasteiger partial charge is 0.428 e. The van der Waals surface area contributed by atoms with Gasteiger partial charge in [0.25, 0.3) is 94.5 Å². The summed E-state index contributed by atoms with van der Waals surface area (Å²) in [5, 5.41) is 4.23. The molecule has 10 fully saturated rings. The molecule has 10 aliphatic rings. The molecule has 10 rings (SSSR count). The van der Waals surface area contributed by atoms with E-state index >= 15 is 0 Å². The third-order valence-electron chi connectivity index (χ3n) is 23.5. The quantitative estimate of drug-likeness (QED) is 0.0380. The molecule has 9 saturated heterocycles. The molecule has 0 bridgehead atoms. The van der Waals surface area contributed by atoms with Crippen molar-refractivity contribution in [2.24, 2.45) is 28.4 Å². The van der Waals surface area contributed by atoms with Gasteiger partial charge in [-0.2, -0.15) is 11.8 Å². The predicted molar refractivity (Wildman–Crippen MR) is 472 cm³/mol. The van der Waals surface area contributed by atoms with Crippen molar-refractivity contribution < 1.29 is 239 Å². The SMILES string of the molecule is CCC(COCC(CC)(COCC(C)(COC(=O)ON1C(=O)CCC1=O)OC(=O)ON1C(=O)CCC1=O)COCC(C)(COC(=O)ON1C(=O)CCC1=O)OC(=O)ON1C(=O)CCC1=O)(COCC(C)(COC(=O)ON1C(=O)CCC1=O)OC(=O)ON1C(=O)CCC1=O)COCC(C)(COC(=O)ON1C(=O)CCC1=O)OC(=O)ON1C(=O)CCC1=O.NCCOCCOCCOCCNC(=O)CCCCC1SCC2CC(=O)CC21. The highest BCUT2D eigenvalue weighted by molar-refractivity contribution is 8.00. The van der Waals surface area contributed by atoms with Crippen LogP contribution in [0.5, 0.6) is 0 Å². The van der Waals surface area contributed by atoms with Gasteiger partial charge in [-0.15, -0.1) is 0 Å². The summed E-state index contributed by atoms with van der Waals surface area (Å²) in [6.07, 6.45) is -15.3. The number of thioether (sulfide) groups is 1. The summed E-state index contributed by atoms with van der Waals surface area (Å²) < 4.78 is 90.1. The first-order valence-corrected chi connectivity index (χ1v) is 48.4. The summed E-state index contributed by atoms with van der Waals surface area (Å²) in [6.45, 7) is -1.31. The number of carbonyl (C=O) groups is 26. The second-order valence-corrected chi connectivity index (χ2v) is 37.7. The van der Waals surface area contributed by atoms with Gasteiger partial charge in [0.05, 0.1) is 106 Å². The molecular formula is C88H118N10O50S. The van der Waals surface area contributed by atoms with E-state index in [1.165, 1.54) is 13.8 Å². The van der Waals surface area contributed by atoms with Gasteiger partial charge in [0.2, 0.25) is 5.91 Å². The van der Waals surface area contributed by atoms with E-state index < -0.39 is 321 Å². The molecule has 1 aliphatic carbocycles. The molecule has 7 atom stereocenters. The van der Waals surface area contributed by atoms with Crippen molar-refractivity contribution in [3.05, 3.63) is 0 Å². The zero-order valence-corrected chi connectivity index (χ0v) is 83.3. The Morgan fingerprint density at radius 2 is 0.537 bits per heavy atom. The first kappa shape index (κ1) is 119. The van der Waals surface area contributed by atoms with Crippen molar-refractivity contribution in [1.29, 1.82) is 0 Å². The fourth-order valence-electron chi connectivity index (χ4n) is 15.2. The normalized spacial score (nSPS) is 20.7. The van der Waals surface area contributed by atoms with Gasteiger partial charge in [-0.1, -0.05) is 60.8 Å². The van der Waals surface area contributed by atoms with Crippen molar-refractivity contribution in [2.45, 2.75) is 223 Å². The second-order valence-electron chi connectivity index (χ2n) is 36.4. The molecule has 60 nitrogen and oxygen atoms in total. The Balaban J connectivity index is 0.000000755. The number of carbonyl (C=O) groups excluding carboxylic acids is 26. The van der Waals surface area contributed by atoms with Crippen molar-refractivity contribution >= 4 is 167 Å². The summed E-state index contributed by atoms with van der Waals surface area (Å²) in [6, 6.07) is 0. The van der Waals surface area contributed by atoms with Crippen LogP contribution >= 0.6 is 11.8 Å². The standard InChI is InChI=1S/C68H82N8O45.C20H36N2O5S/c1-7-67(33-101-25-63(3,110-59(97)118-73-47(85)17-18-48(73)86)29-106-55(93)114-69-39(77)9-10-40(69)78,34-102-26-64(4,111-60(98)119-74-49(87)19-20-50(74)88)30-107-56(94)115-70-41(79)11-12-42(70)80)37-105-38-68(8-2,35-103-27-65(5,112-61(99)120-75-51(89)21-22-52(75)90)31-108-57(95)116-71-43(81)13-14-44(71)82)36-104-28-66(6,113-62(100)121-76-53(91)23-24-54(76)92)32-109-58(96)117-72-45(83)15-16-46(72)84;21-5-7-25-9-11-27-12-10-26-8-6-22-20(24)4-2-1-3-19-18-14-17(23)13-16(18)15-28-19/h7-38H2,1-6H3;16,18-19H,1-15,21H2,(H,22,24). The lowest BCUT2D eigenvalue weighted by molar-refractivity contribution is -0.194. The van der Waals surface area contributed by atoms with E-state index in [2.05, 4.69) is 5.32 Å². The Bertz CT molecular complexity index is 4350. The summed E-state index contributed by atoms with van der Waals surface area (Å²) >= 11 is 2.03. The molecule has 149 heavy (non-hydrogen) atoms. The number of ketones is 1. The minimum atomic E-state index is -2.35. The van der Waals surface area contributed by atoms with E-state index in [0.29, 0.717) is 82.0 Å².